The lowest BCUT2D eigenvalue weighted by atomic mass is 9.96. The number of carbonyl (C=O) groups is 1. The average Bonchev–Trinajstić information content (AvgIpc) is 3.31. The van der Waals surface area contributed by atoms with E-state index in [9.17, 15) is 4.79 Å². The van der Waals surface area contributed by atoms with Gasteiger partial charge in [0.15, 0.2) is 0 Å². The molecule has 1 aromatic heterocycles. The van der Waals surface area contributed by atoms with Crippen LogP contribution in [0.3, 0.4) is 0 Å². The molecule has 0 aliphatic carbocycles. The Bertz CT molecular complexity index is 1350. The summed E-state index contributed by atoms with van der Waals surface area (Å²) in [7, 11) is 3.30. The molecule has 0 spiro atoms. The molecule has 0 unspecified atom stereocenters. The molecule has 1 heterocycles. The second-order valence-corrected chi connectivity index (χ2v) is 8.52. The number of para-hydroxylation sites is 1. The van der Waals surface area contributed by atoms with Crippen molar-refractivity contribution >= 4 is 22.4 Å². The van der Waals surface area contributed by atoms with Gasteiger partial charge in [-0.3, -0.25) is 4.79 Å². The molecule has 0 aliphatic rings. The topological polar surface area (TPSA) is 60.7 Å². The van der Waals surface area contributed by atoms with Crippen LogP contribution >= 0.6 is 0 Å². The fraction of sp³-hybridized carbons (Fsp3) is 0.233. The maximum absolute atomic E-state index is 12.6. The lowest BCUT2D eigenvalue weighted by Crippen LogP contribution is -2.22. The molecule has 0 fully saturated rings. The van der Waals surface area contributed by atoms with Gasteiger partial charge in [-0.05, 0) is 50.0 Å². The number of nitrogens with one attached hydrogen (secondary N) is 1. The molecular formula is C30H31NO4. The molecule has 0 aliphatic heterocycles. The molecule has 180 valence electrons. The Morgan fingerprint density at radius 3 is 2.49 bits per heavy atom. The van der Waals surface area contributed by atoms with E-state index in [-0.39, 0.29) is 5.91 Å². The van der Waals surface area contributed by atoms with Crippen molar-refractivity contribution in [3.05, 3.63) is 89.7 Å². The molecule has 0 bridgehead atoms. The summed E-state index contributed by atoms with van der Waals surface area (Å²) in [5.41, 5.74) is 6.47. The Kier molecular flexibility index (Phi) is 7.56. The van der Waals surface area contributed by atoms with Gasteiger partial charge < -0.3 is 19.2 Å². The number of hydrogen-bond donors (Lipinski definition) is 1. The third kappa shape index (κ3) is 5.24. The van der Waals surface area contributed by atoms with Crippen LogP contribution in [0.4, 0.5) is 0 Å². The van der Waals surface area contributed by atoms with Crippen LogP contribution in [-0.2, 0) is 11.2 Å². The van der Waals surface area contributed by atoms with Crippen molar-refractivity contribution in [3.8, 4) is 22.6 Å². The van der Waals surface area contributed by atoms with Gasteiger partial charge in [0, 0.05) is 40.3 Å². The molecule has 0 atom stereocenters. The van der Waals surface area contributed by atoms with Crippen molar-refractivity contribution in [2.24, 2.45) is 0 Å². The summed E-state index contributed by atoms with van der Waals surface area (Å²) in [6, 6.07) is 20.2. The summed E-state index contributed by atoms with van der Waals surface area (Å²) in [6.07, 6.45) is 5.19. The van der Waals surface area contributed by atoms with E-state index >= 15 is 0 Å². The lowest BCUT2D eigenvalue weighted by Gasteiger charge is -2.14. The van der Waals surface area contributed by atoms with Gasteiger partial charge >= 0.3 is 0 Å². The zero-order chi connectivity index (χ0) is 24.8. The largest absolute Gasteiger partial charge is 0.496 e. The van der Waals surface area contributed by atoms with Gasteiger partial charge in [-0.1, -0.05) is 48.5 Å². The highest BCUT2D eigenvalue weighted by Crippen LogP contribution is 2.42. The number of allylic oxidation sites excluding steroid dienone is 1. The molecule has 3 aromatic carbocycles. The van der Waals surface area contributed by atoms with Crippen LogP contribution in [-0.4, -0.2) is 26.7 Å². The number of rotatable bonds is 9. The zero-order valence-electron chi connectivity index (χ0n) is 20.7. The van der Waals surface area contributed by atoms with E-state index < -0.39 is 0 Å². The highest BCUT2D eigenvalue weighted by molar-refractivity contribution is 6.02. The van der Waals surface area contributed by atoms with Crippen LogP contribution in [0.15, 0.2) is 77.4 Å². The normalized spacial score (nSPS) is 11.5. The van der Waals surface area contributed by atoms with Crippen LogP contribution in [0.25, 0.3) is 27.7 Å². The summed E-state index contributed by atoms with van der Waals surface area (Å²) in [6.45, 7) is 4.51. The Morgan fingerprint density at radius 1 is 1.00 bits per heavy atom. The van der Waals surface area contributed by atoms with Gasteiger partial charge in [0.05, 0.1) is 20.5 Å². The predicted molar refractivity (Wildman–Crippen MR) is 141 cm³/mol. The van der Waals surface area contributed by atoms with Crippen LogP contribution in [0.2, 0.25) is 0 Å². The molecule has 5 nitrogen and oxygen atoms in total. The smallest absolute Gasteiger partial charge is 0.244 e. The SMILES string of the molecule is COc1ccccc1-c1coc2c(C)c(OC)c(/C(C)=C/C(=O)NCCCc3ccccc3)cc12. The first-order valence-electron chi connectivity index (χ1n) is 11.8. The van der Waals surface area contributed by atoms with Gasteiger partial charge in [-0.25, -0.2) is 0 Å². The Labute approximate surface area is 206 Å². The average molecular weight is 470 g/mol. The number of hydrogen-bond acceptors (Lipinski definition) is 4. The Morgan fingerprint density at radius 2 is 1.74 bits per heavy atom. The van der Waals surface area contributed by atoms with E-state index in [4.69, 9.17) is 13.9 Å². The fourth-order valence-corrected chi connectivity index (χ4v) is 4.42. The predicted octanol–water partition coefficient (Wildman–Crippen LogP) is 6.58. The third-order valence-corrected chi connectivity index (χ3v) is 6.20. The number of fused-ring (bicyclic) bond motifs is 1. The summed E-state index contributed by atoms with van der Waals surface area (Å²) in [4.78, 5) is 12.6. The number of ether oxygens (including phenoxy) is 2. The van der Waals surface area contributed by atoms with E-state index in [0.717, 1.165) is 57.4 Å². The second-order valence-electron chi connectivity index (χ2n) is 8.52. The van der Waals surface area contributed by atoms with Crippen molar-refractivity contribution in [3.63, 3.8) is 0 Å². The fourth-order valence-electron chi connectivity index (χ4n) is 4.42. The molecule has 5 heteroatoms. The number of amides is 1. The van der Waals surface area contributed by atoms with Gasteiger partial charge in [0.1, 0.15) is 17.1 Å². The number of carbonyl (C=O) groups excluding carboxylic acids is 1. The van der Waals surface area contributed by atoms with Gasteiger partial charge in [0.25, 0.3) is 0 Å². The van der Waals surface area contributed by atoms with E-state index in [1.54, 1.807) is 26.6 Å². The van der Waals surface area contributed by atoms with Crippen molar-refractivity contribution in [1.29, 1.82) is 0 Å². The van der Waals surface area contributed by atoms with Crippen LogP contribution in [0.5, 0.6) is 11.5 Å². The van der Waals surface area contributed by atoms with E-state index in [0.29, 0.717) is 12.3 Å². The highest BCUT2D eigenvalue weighted by Gasteiger charge is 2.20. The number of furan rings is 1. The molecule has 0 saturated heterocycles. The molecule has 0 saturated carbocycles. The molecule has 4 rings (SSSR count). The van der Waals surface area contributed by atoms with Crippen molar-refractivity contribution in [2.45, 2.75) is 26.7 Å². The van der Waals surface area contributed by atoms with Crippen molar-refractivity contribution < 1.29 is 18.7 Å². The summed E-state index contributed by atoms with van der Waals surface area (Å²) in [5, 5.41) is 3.94. The molecular weight excluding hydrogens is 438 g/mol. The zero-order valence-corrected chi connectivity index (χ0v) is 20.7. The number of benzene rings is 3. The molecule has 0 radical (unpaired) electrons. The molecule has 4 aromatic rings. The maximum atomic E-state index is 12.6. The van der Waals surface area contributed by atoms with Crippen LogP contribution in [0.1, 0.15) is 30.0 Å². The van der Waals surface area contributed by atoms with E-state index in [2.05, 4.69) is 17.4 Å². The monoisotopic (exact) mass is 469 g/mol. The number of aryl methyl sites for hydroxylation is 2. The standard InChI is InChI=1S/C30H31NO4/c1-20(17-28(32)31-16-10-13-22-11-6-5-7-12-22)24-18-25-26(23-14-8-9-15-27(23)33-3)19-35-30(25)21(2)29(24)34-4/h5-9,11-12,14-15,17-19H,10,13,16H2,1-4H3,(H,31,32)/b20-17+. The minimum Gasteiger partial charge on any atom is -0.496 e. The summed E-state index contributed by atoms with van der Waals surface area (Å²) >= 11 is 0. The Balaban J connectivity index is 1.59. The van der Waals surface area contributed by atoms with Crippen molar-refractivity contribution in [2.75, 3.05) is 20.8 Å². The van der Waals surface area contributed by atoms with Gasteiger partial charge in [0.2, 0.25) is 5.91 Å². The minimum absolute atomic E-state index is 0.118. The van der Waals surface area contributed by atoms with Crippen LogP contribution in [0, 0.1) is 6.92 Å². The first kappa shape index (κ1) is 24.1. The third-order valence-electron chi connectivity index (χ3n) is 6.20. The van der Waals surface area contributed by atoms with Crippen molar-refractivity contribution in [1.82, 2.24) is 5.32 Å². The number of methoxy groups -OCH3 is 2. The van der Waals surface area contributed by atoms with Gasteiger partial charge in [-0.15, -0.1) is 0 Å². The maximum Gasteiger partial charge on any atom is 0.244 e. The van der Waals surface area contributed by atoms with Crippen LogP contribution < -0.4 is 14.8 Å². The molecule has 1 N–H and O–H groups in total. The summed E-state index contributed by atoms with van der Waals surface area (Å²) in [5.74, 6) is 1.35. The first-order chi connectivity index (χ1) is 17.0. The molecule has 1 amide bonds. The van der Waals surface area contributed by atoms with Gasteiger partial charge in [-0.2, -0.15) is 0 Å². The molecule has 35 heavy (non-hydrogen) atoms. The van der Waals surface area contributed by atoms with E-state index in [1.165, 1.54) is 5.56 Å². The quantitative estimate of drug-likeness (QED) is 0.222. The first-order valence-corrected chi connectivity index (χ1v) is 11.8. The summed E-state index contributed by atoms with van der Waals surface area (Å²) < 4.78 is 17.3. The van der Waals surface area contributed by atoms with E-state index in [1.807, 2.05) is 62.4 Å². The minimum atomic E-state index is -0.118. The lowest BCUT2D eigenvalue weighted by molar-refractivity contribution is -0.116. The highest BCUT2D eigenvalue weighted by atomic mass is 16.5. The Hall–Kier alpha value is -3.99. The second kappa shape index (κ2) is 11.0.